The van der Waals surface area contributed by atoms with Gasteiger partial charge in [0.2, 0.25) is 5.91 Å². The number of carbonyl (C=O) groups is 1. The Kier molecular flexibility index (Phi) is 1.82. The molecule has 1 amide bonds. The highest BCUT2D eigenvalue weighted by molar-refractivity contribution is 7.28. The summed E-state index contributed by atoms with van der Waals surface area (Å²) in [4.78, 5) is 15.9. The second kappa shape index (κ2) is 2.84. The monoisotopic (exact) mass is 198 g/mol. The van der Waals surface area contributed by atoms with Crippen LogP contribution in [0.25, 0.3) is 9.53 Å². The fraction of sp³-hybridized carbons (Fsp3) is 0.143. The molecule has 12 heavy (non-hydrogen) atoms. The number of thiophene rings is 1. The molecule has 2 aromatic heterocycles. The summed E-state index contributed by atoms with van der Waals surface area (Å²) >= 11 is 3.08. The Balaban J connectivity index is 2.38. The van der Waals surface area contributed by atoms with E-state index in [9.17, 15) is 4.79 Å². The molecule has 0 aliphatic heterocycles. The standard InChI is InChI=1S/C7H6N2OS2/c1-4(10)8-7-9-6-5(12-7)2-3-11-6/h2-3H,1H3,(H,8,9,10). The zero-order valence-electron chi connectivity index (χ0n) is 6.33. The van der Waals surface area contributed by atoms with Crippen molar-refractivity contribution in [3.05, 3.63) is 11.4 Å². The molecule has 2 aromatic rings. The van der Waals surface area contributed by atoms with E-state index in [1.165, 1.54) is 18.3 Å². The summed E-state index contributed by atoms with van der Waals surface area (Å²) < 4.78 is 1.13. The summed E-state index contributed by atoms with van der Waals surface area (Å²) in [6, 6.07) is 2.00. The van der Waals surface area contributed by atoms with Gasteiger partial charge < -0.3 is 5.32 Å². The average Bonchev–Trinajstić information content (AvgIpc) is 2.43. The number of hydrogen-bond donors (Lipinski definition) is 1. The zero-order valence-corrected chi connectivity index (χ0v) is 7.96. The number of amides is 1. The third-order valence-corrected chi connectivity index (χ3v) is 3.17. The van der Waals surface area contributed by atoms with Gasteiger partial charge in [0, 0.05) is 6.92 Å². The van der Waals surface area contributed by atoms with Crippen LogP contribution in [-0.2, 0) is 4.79 Å². The van der Waals surface area contributed by atoms with Gasteiger partial charge in [-0.1, -0.05) is 11.3 Å². The van der Waals surface area contributed by atoms with Gasteiger partial charge in [0.05, 0.1) is 4.70 Å². The third kappa shape index (κ3) is 1.33. The minimum atomic E-state index is -0.0728. The van der Waals surface area contributed by atoms with Crippen molar-refractivity contribution in [3.8, 4) is 0 Å². The summed E-state index contributed by atoms with van der Waals surface area (Å²) in [7, 11) is 0. The molecule has 0 aliphatic rings. The maximum atomic E-state index is 10.7. The fourth-order valence-corrected chi connectivity index (χ4v) is 2.76. The van der Waals surface area contributed by atoms with Gasteiger partial charge in [-0.25, -0.2) is 4.98 Å². The van der Waals surface area contributed by atoms with E-state index in [1.54, 1.807) is 11.3 Å². The lowest BCUT2D eigenvalue weighted by atomic mass is 10.6. The number of anilines is 1. The number of hydrogen-bond acceptors (Lipinski definition) is 4. The van der Waals surface area contributed by atoms with Crippen molar-refractivity contribution in [2.75, 3.05) is 5.32 Å². The third-order valence-electron chi connectivity index (χ3n) is 1.30. The first-order valence-corrected chi connectivity index (χ1v) is 5.07. The molecule has 0 aromatic carbocycles. The Labute approximate surface area is 77.1 Å². The Morgan fingerprint density at radius 2 is 2.50 bits per heavy atom. The van der Waals surface area contributed by atoms with E-state index in [0.29, 0.717) is 5.13 Å². The highest BCUT2D eigenvalue weighted by atomic mass is 32.1. The van der Waals surface area contributed by atoms with E-state index in [4.69, 9.17) is 0 Å². The maximum absolute atomic E-state index is 10.7. The first-order valence-electron chi connectivity index (χ1n) is 3.37. The van der Waals surface area contributed by atoms with Gasteiger partial charge in [-0.15, -0.1) is 11.3 Å². The lowest BCUT2D eigenvalue weighted by Gasteiger charge is -1.91. The molecular weight excluding hydrogens is 192 g/mol. The molecule has 0 atom stereocenters. The molecule has 0 bridgehead atoms. The summed E-state index contributed by atoms with van der Waals surface area (Å²) in [5.74, 6) is -0.0728. The summed E-state index contributed by atoms with van der Waals surface area (Å²) in [6.45, 7) is 1.48. The number of thiazole rings is 1. The second-order valence-corrected chi connectivity index (χ2v) is 4.22. The summed E-state index contributed by atoms with van der Waals surface area (Å²) in [5.41, 5.74) is 0. The molecule has 1 N–H and O–H groups in total. The molecule has 0 radical (unpaired) electrons. The highest BCUT2D eigenvalue weighted by Gasteiger charge is 2.04. The van der Waals surface area contributed by atoms with Crippen LogP contribution in [0.2, 0.25) is 0 Å². The molecule has 0 saturated carbocycles. The molecule has 0 spiro atoms. The van der Waals surface area contributed by atoms with E-state index < -0.39 is 0 Å². The number of carbonyl (C=O) groups excluding carboxylic acids is 1. The van der Waals surface area contributed by atoms with E-state index in [1.807, 2.05) is 11.4 Å². The number of rotatable bonds is 1. The predicted octanol–water partition coefficient (Wildman–Crippen LogP) is 2.32. The molecule has 0 fully saturated rings. The van der Waals surface area contributed by atoms with Crippen molar-refractivity contribution >= 4 is 43.2 Å². The largest absolute Gasteiger partial charge is 0.302 e. The van der Waals surface area contributed by atoms with E-state index in [2.05, 4.69) is 10.3 Å². The predicted molar refractivity (Wildman–Crippen MR) is 51.8 cm³/mol. The molecule has 62 valence electrons. The quantitative estimate of drug-likeness (QED) is 0.764. The van der Waals surface area contributed by atoms with Gasteiger partial charge in [-0.3, -0.25) is 4.79 Å². The maximum Gasteiger partial charge on any atom is 0.223 e. The van der Waals surface area contributed by atoms with Crippen molar-refractivity contribution in [2.45, 2.75) is 6.92 Å². The van der Waals surface area contributed by atoms with E-state index in [0.717, 1.165) is 9.53 Å². The summed E-state index contributed by atoms with van der Waals surface area (Å²) in [5, 5.41) is 5.33. The molecule has 0 saturated heterocycles. The number of fused-ring (bicyclic) bond motifs is 1. The van der Waals surface area contributed by atoms with Crippen LogP contribution in [0.15, 0.2) is 11.4 Å². The van der Waals surface area contributed by atoms with Crippen molar-refractivity contribution in [1.29, 1.82) is 0 Å². The fourth-order valence-electron chi connectivity index (χ4n) is 0.872. The Morgan fingerprint density at radius 1 is 1.67 bits per heavy atom. The second-order valence-electron chi connectivity index (χ2n) is 2.29. The molecule has 0 unspecified atom stereocenters. The molecule has 2 heterocycles. The van der Waals surface area contributed by atoms with Gasteiger partial charge in [0.25, 0.3) is 0 Å². The zero-order chi connectivity index (χ0) is 8.55. The minimum Gasteiger partial charge on any atom is -0.302 e. The van der Waals surface area contributed by atoms with Crippen LogP contribution in [0.1, 0.15) is 6.92 Å². The number of aromatic nitrogens is 1. The smallest absolute Gasteiger partial charge is 0.223 e. The SMILES string of the molecule is CC(=O)Nc1nc2sccc2s1. The van der Waals surface area contributed by atoms with Crippen LogP contribution in [0.3, 0.4) is 0 Å². The minimum absolute atomic E-state index is 0.0728. The van der Waals surface area contributed by atoms with Crippen LogP contribution in [-0.4, -0.2) is 10.9 Å². The highest BCUT2D eigenvalue weighted by Crippen LogP contribution is 2.29. The molecule has 2 rings (SSSR count). The van der Waals surface area contributed by atoms with E-state index in [-0.39, 0.29) is 5.91 Å². The molecule has 5 heteroatoms. The van der Waals surface area contributed by atoms with Gasteiger partial charge in [0.1, 0.15) is 4.83 Å². The normalized spacial score (nSPS) is 10.4. The molecular formula is C7H6N2OS2. The van der Waals surface area contributed by atoms with E-state index >= 15 is 0 Å². The molecule has 0 aliphatic carbocycles. The van der Waals surface area contributed by atoms with Crippen LogP contribution < -0.4 is 5.32 Å². The topological polar surface area (TPSA) is 42.0 Å². The average molecular weight is 198 g/mol. The van der Waals surface area contributed by atoms with Gasteiger partial charge >= 0.3 is 0 Å². The first kappa shape index (κ1) is 7.70. The summed E-state index contributed by atoms with van der Waals surface area (Å²) in [6.07, 6.45) is 0. The van der Waals surface area contributed by atoms with Crippen LogP contribution in [0.4, 0.5) is 5.13 Å². The van der Waals surface area contributed by atoms with Crippen molar-refractivity contribution < 1.29 is 4.79 Å². The number of nitrogens with zero attached hydrogens (tertiary/aromatic N) is 1. The Hall–Kier alpha value is -0.940. The van der Waals surface area contributed by atoms with Crippen molar-refractivity contribution in [2.24, 2.45) is 0 Å². The first-order chi connectivity index (χ1) is 5.75. The Morgan fingerprint density at radius 3 is 3.17 bits per heavy atom. The lowest BCUT2D eigenvalue weighted by molar-refractivity contribution is -0.114. The van der Waals surface area contributed by atoms with Crippen LogP contribution in [0.5, 0.6) is 0 Å². The van der Waals surface area contributed by atoms with Gasteiger partial charge in [-0.05, 0) is 11.4 Å². The van der Waals surface area contributed by atoms with Gasteiger partial charge in [-0.2, -0.15) is 0 Å². The number of nitrogens with one attached hydrogen (secondary N) is 1. The van der Waals surface area contributed by atoms with Crippen molar-refractivity contribution in [1.82, 2.24) is 4.98 Å². The van der Waals surface area contributed by atoms with Gasteiger partial charge in [0.15, 0.2) is 5.13 Å². The Bertz CT molecular complexity index is 389. The molecule has 3 nitrogen and oxygen atoms in total. The van der Waals surface area contributed by atoms with Crippen molar-refractivity contribution in [3.63, 3.8) is 0 Å². The van der Waals surface area contributed by atoms with Crippen LogP contribution >= 0.6 is 22.7 Å². The lowest BCUT2D eigenvalue weighted by Crippen LogP contribution is -2.04. The van der Waals surface area contributed by atoms with Crippen LogP contribution in [0, 0.1) is 0 Å².